The van der Waals surface area contributed by atoms with Crippen LogP contribution < -0.4 is 0 Å². The van der Waals surface area contributed by atoms with Crippen molar-refractivity contribution >= 4 is 0 Å². The Morgan fingerprint density at radius 3 is 2.59 bits per heavy atom. The number of hydrogen-bond donors (Lipinski definition) is 3. The molecule has 3 fully saturated rings. The van der Waals surface area contributed by atoms with Crippen LogP contribution >= 0.6 is 0 Å². The molecule has 0 bridgehead atoms. The first-order valence-corrected chi connectivity index (χ1v) is 13.5. The molecule has 0 aliphatic heterocycles. The molecule has 0 saturated heterocycles. The maximum Gasteiger partial charge on any atom is 0.0605 e. The van der Waals surface area contributed by atoms with E-state index in [2.05, 4.69) is 26.0 Å². The minimum atomic E-state index is -0.540. The van der Waals surface area contributed by atoms with Crippen LogP contribution in [0.25, 0.3) is 0 Å². The van der Waals surface area contributed by atoms with Gasteiger partial charge in [0.25, 0.3) is 0 Å². The lowest BCUT2D eigenvalue weighted by Crippen LogP contribution is -2.36. The van der Waals surface area contributed by atoms with Gasteiger partial charge in [0.15, 0.2) is 0 Å². The monoisotopic (exact) mass is 446 g/mol. The van der Waals surface area contributed by atoms with Gasteiger partial charge in [-0.3, -0.25) is 0 Å². The third-order valence-corrected chi connectivity index (χ3v) is 9.29. The number of aliphatic hydroxyl groups is 3. The van der Waals surface area contributed by atoms with Crippen molar-refractivity contribution in [1.82, 2.24) is 0 Å². The molecule has 0 amide bonds. The van der Waals surface area contributed by atoms with E-state index in [-0.39, 0.29) is 12.7 Å². The van der Waals surface area contributed by atoms with E-state index >= 15 is 0 Å². The topological polar surface area (TPSA) is 60.7 Å². The fourth-order valence-corrected chi connectivity index (χ4v) is 7.44. The number of allylic oxidation sites excluding steroid dienone is 3. The van der Waals surface area contributed by atoms with Gasteiger partial charge in [-0.05, 0) is 114 Å². The minimum absolute atomic E-state index is 0.233. The molecular formula is C29H50O3. The van der Waals surface area contributed by atoms with E-state index < -0.39 is 5.60 Å². The molecule has 0 radical (unpaired) electrons. The van der Waals surface area contributed by atoms with Gasteiger partial charge in [0.05, 0.1) is 11.7 Å². The van der Waals surface area contributed by atoms with Crippen LogP contribution in [0.2, 0.25) is 0 Å². The second kappa shape index (κ2) is 11.2. The highest BCUT2D eigenvalue weighted by Gasteiger charge is 2.50. The van der Waals surface area contributed by atoms with Crippen LogP contribution in [0.1, 0.15) is 111 Å². The second-order valence-electron chi connectivity index (χ2n) is 12.3. The SMILES string of the molecule is C[C@@H](CCCC(C)(C)O)C1CCC2/C(=C/C=C3/CCC(CCCO)[C@H](O)C3)CCCC21C. The predicted molar refractivity (Wildman–Crippen MR) is 133 cm³/mol. The fraction of sp³-hybridized carbons (Fsp3) is 0.862. The van der Waals surface area contributed by atoms with Crippen LogP contribution in [0.3, 0.4) is 0 Å². The van der Waals surface area contributed by atoms with Gasteiger partial charge >= 0.3 is 0 Å². The molecule has 4 unspecified atom stereocenters. The Balaban J connectivity index is 1.61. The van der Waals surface area contributed by atoms with Gasteiger partial charge in [0.1, 0.15) is 0 Å². The third kappa shape index (κ3) is 6.48. The molecule has 3 saturated carbocycles. The zero-order valence-electron chi connectivity index (χ0n) is 21.3. The average molecular weight is 447 g/mol. The van der Waals surface area contributed by atoms with Crippen LogP contribution in [-0.4, -0.2) is 33.6 Å². The Bertz CT molecular complexity index is 658. The summed E-state index contributed by atoms with van der Waals surface area (Å²) in [6.45, 7) is 9.12. The molecule has 0 heterocycles. The van der Waals surface area contributed by atoms with Crippen LogP contribution in [0, 0.1) is 29.1 Å². The van der Waals surface area contributed by atoms with Crippen LogP contribution in [0.5, 0.6) is 0 Å². The molecule has 3 aliphatic carbocycles. The summed E-state index contributed by atoms with van der Waals surface area (Å²) in [5, 5.41) is 29.7. The second-order valence-corrected chi connectivity index (χ2v) is 12.3. The average Bonchev–Trinajstić information content (AvgIpc) is 3.08. The Morgan fingerprint density at radius 1 is 1.12 bits per heavy atom. The first kappa shape index (κ1) is 26.0. The van der Waals surface area contributed by atoms with Gasteiger partial charge < -0.3 is 15.3 Å². The summed E-state index contributed by atoms with van der Waals surface area (Å²) >= 11 is 0. The van der Waals surface area contributed by atoms with Gasteiger partial charge in [-0.2, -0.15) is 0 Å². The molecule has 6 atom stereocenters. The molecule has 184 valence electrons. The fourth-order valence-electron chi connectivity index (χ4n) is 7.44. The highest BCUT2D eigenvalue weighted by molar-refractivity contribution is 5.26. The smallest absolute Gasteiger partial charge is 0.0605 e. The van der Waals surface area contributed by atoms with E-state index in [0.717, 1.165) is 62.7 Å². The van der Waals surface area contributed by atoms with E-state index in [0.29, 0.717) is 11.3 Å². The summed E-state index contributed by atoms with van der Waals surface area (Å²) in [5.41, 5.74) is 2.96. The molecule has 3 N–H and O–H groups in total. The van der Waals surface area contributed by atoms with E-state index in [1.54, 1.807) is 5.57 Å². The first-order valence-electron chi connectivity index (χ1n) is 13.5. The summed E-state index contributed by atoms with van der Waals surface area (Å²) in [5.74, 6) is 2.61. The Hall–Kier alpha value is -0.640. The Labute approximate surface area is 197 Å². The largest absolute Gasteiger partial charge is 0.396 e. The zero-order valence-corrected chi connectivity index (χ0v) is 21.3. The third-order valence-electron chi connectivity index (χ3n) is 9.29. The predicted octanol–water partition coefficient (Wildman–Crippen LogP) is 6.57. The van der Waals surface area contributed by atoms with Crippen LogP contribution in [-0.2, 0) is 0 Å². The molecule has 0 spiro atoms. The van der Waals surface area contributed by atoms with E-state index in [1.807, 2.05) is 13.8 Å². The molecule has 0 aromatic rings. The van der Waals surface area contributed by atoms with Crippen molar-refractivity contribution in [2.24, 2.45) is 29.1 Å². The summed E-state index contributed by atoms with van der Waals surface area (Å²) < 4.78 is 0. The molecule has 3 aliphatic rings. The normalized spacial score (nSPS) is 37.1. The van der Waals surface area contributed by atoms with E-state index in [1.165, 1.54) is 44.1 Å². The molecular weight excluding hydrogens is 396 g/mol. The standard InChI is InChI=1S/C29H50O3/c1-21(8-5-17-28(2,3)32)25-15-16-26-23(9-6-18-29(25,26)4)13-11-22-12-14-24(10-7-19-30)27(31)20-22/h11,13,21,24-27,30-32H,5-10,12,14-20H2,1-4H3/b22-11-,23-13+/t21-,24?,25?,26?,27+,29?/m0/s1. The van der Waals surface area contributed by atoms with Crippen molar-refractivity contribution in [1.29, 1.82) is 0 Å². The number of fused-ring (bicyclic) bond motifs is 1. The maximum absolute atomic E-state index is 10.6. The van der Waals surface area contributed by atoms with Crippen molar-refractivity contribution in [3.63, 3.8) is 0 Å². The van der Waals surface area contributed by atoms with Crippen molar-refractivity contribution in [2.75, 3.05) is 6.61 Å². The molecule has 32 heavy (non-hydrogen) atoms. The summed E-state index contributed by atoms with van der Waals surface area (Å²) in [6, 6.07) is 0. The highest BCUT2D eigenvalue weighted by atomic mass is 16.3. The highest BCUT2D eigenvalue weighted by Crippen LogP contribution is 2.60. The summed E-state index contributed by atoms with van der Waals surface area (Å²) in [6.07, 6.45) is 19.1. The molecule has 3 rings (SSSR count). The molecule has 0 aromatic carbocycles. The van der Waals surface area contributed by atoms with Crippen molar-refractivity contribution in [3.05, 3.63) is 23.3 Å². The van der Waals surface area contributed by atoms with Gasteiger partial charge in [-0.1, -0.05) is 50.0 Å². The lowest BCUT2D eigenvalue weighted by molar-refractivity contribution is 0.0596. The zero-order chi connectivity index (χ0) is 23.4. The quantitative estimate of drug-likeness (QED) is 0.375. The number of aliphatic hydroxyl groups excluding tert-OH is 2. The molecule has 3 heteroatoms. The summed E-state index contributed by atoms with van der Waals surface area (Å²) in [4.78, 5) is 0. The van der Waals surface area contributed by atoms with Crippen molar-refractivity contribution in [3.8, 4) is 0 Å². The van der Waals surface area contributed by atoms with Gasteiger partial charge in [0, 0.05) is 6.61 Å². The lowest BCUT2D eigenvalue weighted by Gasteiger charge is -2.44. The molecule has 3 nitrogen and oxygen atoms in total. The number of rotatable bonds is 9. The van der Waals surface area contributed by atoms with Crippen molar-refractivity contribution in [2.45, 2.75) is 123 Å². The lowest BCUT2D eigenvalue weighted by atomic mass is 9.60. The van der Waals surface area contributed by atoms with E-state index in [9.17, 15) is 10.2 Å². The van der Waals surface area contributed by atoms with Crippen LogP contribution in [0.15, 0.2) is 23.3 Å². The van der Waals surface area contributed by atoms with Crippen LogP contribution in [0.4, 0.5) is 0 Å². The minimum Gasteiger partial charge on any atom is -0.396 e. The number of hydrogen-bond acceptors (Lipinski definition) is 3. The molecule has 0 aromatic heterocycles. The Kier molecular flexibility index (Phi) is 9.08. The maximum atomic E-state index is 10.6. The van der Waals surface area contributed by atoms with Crippen molar-refractivity contribution < 1.29 is 15.3 Å². The van der Waals surface area contributed by atoms with Gasteiger partial charge in [0.2, 0.25) is 0 Å². The van der Waals surface area contributed by atoms with Gasteiger partial charge in [-0.25, -0.2) is 0 Å². The van der Waals surface area contributed by atoms with E-state index in [4.69, 9.17) is 5.11 Å². The Morgan fingerprint density at radius 2 is 1.91 bits per heavy atom. The van der Waals surface area contributed by atoms with Gasteiger partial charge in [-0.15, -0.1) is 0 Å². The first-order chi connectivity index (χ1) is 15.1. The summed E-state index contributed by atoms with van der Waals surface area (Å²) in [7, 11) is 0.